The van der Waals surface area contributed by atoms with Crippen molar-refractivity contribution in [3.05, 3.63) is 57.6 Å². The molecular formula is C17H15BrN2O. The number of ether oxygens (including phenoxy) is 1. The van der Waals surface area contributed by atoms with Gasteiger partial charge in [-0.3, -0.25) is 0 Å². The van der Waals surface area contributed by atoms with Crippen molar-refractivity contribution in [3.63, 3.8) is 0 Å². The first kappa shape index (κ1) is 14.0. The zero-order chi connectivity index (χ0) is 14.8. The molecule has 3 nitrogen and oxygen atoms in total. The molecule has 0 fully saturated rings. The van der Waals surface area contributed by atoms with Gasteiger partial charge in [0.25, 0.3) is 0 Å². The summed E-state index contributed by atoms with van der Waals surface area (Å²) < 4.78 is 6.86. The van der Waals surface area contributed by atoms with Crippen LogP contribution in [-0.2, 0) is 13.0 Å². The molecular weight excluding hydrogens is 328 g/mol. The summed E-state index contributed by atoms with van der Waals surface area (Å²) in [5, 5.41) is 8.85. The maximum Gasteiger partial charge on any atom is 0.127 e. The van der Waals surface area contributed by atoms with Crippen LogP contribution in [0, 0.1) is 11.3 Å². The van der Waals surface area contributed by atoms with Gasteiger partial charge < -0.3 is 9.64 Å². The molecule has 0 radical (unpaired) electrons. The lowest BCUT2D eigenvalue weighted by molar-refractivity contribution is 0.353. The van der Waals surface area contributed by atoms with Crippen LogP contribution in [0.3, 0.4) is 0 Å². The summed E-state index contributed by atoms with van der Waals surface area (Å²) in [6, 6.07) is 14.0. The molecule has 1 aliphatic rings. The summed E-state index contributed by atoms with van der Waals surface area (Å²) in [4.78, 5) is 2.16. The predicted molar refractivity (Wildman–Crippen MR) is 86.6 cm³/mol. The topological polar surface area (TPSA) is 36.3 Å². The highest BCUT2D eigenvalue weighted by Crippen LogP contribution is 2.34. The zero-order valence-corrected chi connectivity index (χ0v) is 13.4. The monoisotopic (exact) mass is 342 g/mol. The molecule has 0 saturated carbocycles. The average molecular weight is 343 g/mol. The Labute approximate surface area is 132 Å². The molecule has 1 aliphatic heterocycles. The largest absolute Gasteiger partial charge is 0.493 e. The molecule has 2 aromatic carbocycles. The Balaban J connectivity index is 1.84. The van der Waals surface area contributed by atoms with Crippen LogP contribution in [0.5, 0.6) is 5.75 Å². The third-order valence-electron chi connectivity index (χ3n) is 3.67. The first-order valence-electron chi connectivity index (χ1n) is 6.83. The summed E-state index contributed by atoms with van der Waals surface area (Å²) in [6.45, 7) is 1.53. The van der Waals surface area contributed by atoms with E-state index in [9.17, 15) is 0 Å². The molecule has 0 amide bonds. The van der Waals surface area contributed by atoms with Crippen LogP contribution in [0.4, 0.5) is 5.69 Å². The molecule has 0 spiro atoms. The first-order valence-corrected chi connectivity index (χ1v) is 7.62. The van der Waals surface area contributed by atoms with Crippen molar-refractivity contribution >= 4 is 21.6 Å². The van der Waals surface area contributed by atoms with E-state index in [4.69, 9.17) is 10.00 Å². The van der Waals surface area contributed by atoms with Crippen LogP contribution in [0.15, 0.2) is 40.9 Å². The van der Waals surface area contributed by atoms with Crippen LogP contribution >= 0.6 is 15.9 Å². The third-order valence-corrected chi connectivity index (χ3v) is 4.13. The van der Waals surface area contributed by atoms with E-state index >= 15 is 0 Å². The Kier molecular flexibility index (Phi) is 3.85. The van der Waals surface area contributed by atoms with Gasteiger partial charge in [-0.15, -0.1) is 0 Å². The summed E-state index contributed by atoms with van der Waals surface area (Å²) in [5.74, 6) is 1.03. The number of rotatable bonds is 3. The molecule has 0 bridgehead atoms. The number of hydrogen-bond donors (Lipinski definition) is 0. The number of halogens is 1. The maximum absolute atomic E-state index is 8.85. The summed E-state index contributed by atoms with van der Waals surface area (Å²) in [6.07, 6.45) is 0.975. The van der Waals surface area contributed by atoms with Crippen LogP contribution in [0.25, 0.3) is 0 Å². The zero-order valence-electron chi connectivity index (χ0n) is 11.8. The number of hydrogen-bond acceptors (Lipinski definition) is 3. The maximum atomic E-state index is 8.85. The smallest absolute Gasteiger partial charge is 0.127 e. The molecule has 1 heterocycles. The number of nitriles is 1. The second-order valence-electron chi connectivity index (χ2n) is 5.17. The molecule has 3 rings (SSSR count). The minimum absolute atomic E-state index is 0.679. The van der Waals surface area contributed by atoms with Crippen LogP contribution in [-0.4, -0.2) is 13.7 Å². The lowest BCUT2D eigenvalue weighted by Gasteiger charge is -2.21. The van der Waals surface area contributed by atoms with Crippen molar-refractivity contribution in [2.24, 2.45) is 0 Å². The number of nitrogens with zero attached hydrogens (tertiary/aromatic N) is 2. The number of anilines is 1. The molecule has 0 saturated heterocycles. The Morgan fingerprint density at radius 2 is 2.05 bits per heavy atom. The van der Waals surface area contributed by atoms with Gasteiger partial charge in [0.1, 0.15) is 5.75 Å². The highest BCUT2D eigenvalue weighted by Gasteiger charge is 2.18. The first-order chi connectivity index (χ1) is 10.2. The van der Waals surface area contributed by atoms with E-state index in [-0.39, 0.29) is 0 Å². The van der Waals surface area contributed by atoms with Gasteiger partial charge in [-0.25, -0.2) is 0 Å². The second kappa shape index (κ2) is 5.79. The van der Waals surface area contributed by atoms with E-state index in [1.54, 1.807) is 0 Å². The minimum atomic E-state index is 0.679. The molecule has 21 heavy (non-hydrogen) atoms. The molecule has 0 aromatic heterocycles. The quantitative estimate of drug-likeness (QED) is 0.848. The summed E-state index contributed by atoms with van der Waals surface area (Å²) >= 11 is 3.57. The van der Waals surface area contributed by atoms with Crippen molar-refractivity contribution in [2.45, 2.75) is 13.0 Å². The van der Waals surface area contributed by atoms with Crippen LogP contribution < -0.4 is 9.64 Å². The van der Waals surface area contributed by atoms with E-state index in [1.165, 1.54) is 11.1 Å². The molecule has 4 heteroatoms. The summed E-state index contributed by atoms with van der Waals surface area (Å²) in [7, 11) is 2.05. The average Bonchev–Trinajstić information content (AvgIpc) is 2.95. The van der Waals surface area contributed by atoms with Gasteiger partial charge in [-0.2, -0.15) is 5.26 Å². The van der Waals surface area contributed by atoms with E-state index in [0.29, 0.717) is 5.56 Å². The fourth-order valence-corrected chi connectivity index (χ4v) is 3.15. The van der Waals surface area contributed by atoms with Gasteiger partial charge in [0, 0.05) is 35.7 Å². The SMILES string of the molecule is CN(Cc1cc(Br)cc2c1OCC2)c1ccc(C#N)cc1. The van der Waals surface area contributed by atoms with E-state index < -0.39 is 0 Å². The Hall–Kier alpha value is -1.99. The molecule has 0 N–H and O–H groups in total. The fourth-order valence-electron chi connectivity index (χ4n) is 2.60. The van der Waals surface area contributed by atoms with E-state index in [1.807, 2.05) is 31.3 Å². The Morgan fingerprint density at radius 3 is 2.76 bits per heavy atom. The minimum Gasteiger partial charge on any atom is -0.493 e. The Morgan fingerprint density at radius 1 is 1.29 bits per heavy atom. The molecule has 0 unspecified atom stereocenters. The normalized spacial score (nSPS) is 12.4. The lowest BCUT2D eigenvalue weighted by Crippen LogP contribution is -2.16. The highest BCUT2D eigenvalue weighted by atomic mass is 79.9. The number of fused-ring (bicyclic) bond motifs is 1. The standard InChI is InChI=1S/C17H15BrN2O/c1-20(16-4-2-12(10-19)3-5-16)11-14-9-15(18)8-13-6-7-21-17(13)14/h2-5,8-9H,6-7,11H2,1H3. The van der Waals surface area contributed by atoms with Crippen molar-refractivity contribution in [2.75, 3.05) is 18.6 Å². The number of benzene rings is 2. The summed E-state index contributed by atoms with van der Waals surface area (Å²) in [5.41, 5.74) is 4.22. The van der Waals surface area contributed by atoms with E-state index in [0.717, 1.165) is 35.5 Å². The van der Waals surface area contributed by atoms with Crippen LogP contribution in [0.1, 0.15) is 16.7 Å². The van der Waals surface area contributed by atoms with Crippen molar-refractivity contribution in [1.29, 1.82) is 5.26 Å². The molecule has 0 atom stereocenters. The molecule has 2 aromatic rings. The van der Waals surface area contributed by atoms with Crippen molar-refractivity contribution in [1.82, 2.24) is 0 Å². The van der Waals surface area contributed by atoms with E-state index in [2.05, 4.69) is 39.0 Å². The van der Waals surface area contributed by atoms with Gasteiger partial charge in [0.2, 0.25) is 0 Å². The molecule has 0 aliphatic carbocycles. The van der Waals surface area contributed by atoms with Gasteiger partial charge in [-0.1, -0.05) is 15.9 Å². The van der Waals surface area contributed by atoms with Gasteiger partial charge in [-0.05, 0) is 42.0 Å². The van der Waals surface area contributed by atoms with Crippen LogP contribution in [0.2, 0.25) is 0 Å². The Bertz CT molecular complexity index is 704. The molecule has 106 valence electrons. The second-order valence-corrected chi connectivity index (χ2v) is 6.08. The fraction of sp³-hybridized carbons (Fsp3) is 0.235. The van der Waals surface area contributed by atoms with Crippen molar-refractivity contribution in [3.8, 4) is 11.8 Å². The predicted octanol–water partition coefficient (Wildman–Crippen LogP) is 3.89. The van der Waals surface area contributed by atoms with Crippen molar-refractivity contribution < 1.29 is 4.74 Å². The van der Waals surface area contributed by atoms with Gasteiger partial charge in [0.05, 0.1) is 18.2 Å². The highest BCUT2D eigenvalue weighted by molar-refractivity contribution is 9.10. The lowest BCUT2D eigenvalue weighted by atomic mass is 10.1. The van der Waals surface area contributed by atoms with Gasteiger partial charge >= 0.3 is 0 Å². The van der Waals surface area contributed by atoms with Gasteiger partial charge in [0.15, 0.2) is 0 Å². The third kappa shape index (κ3) is 2.88.